The molecule has 0 fully saturated rings. The Morgan fingerprint density at radius 3 is 2.78 bits per heavy atom. The lowest BCUT2D eigenvalue weighted by Crippen LogP contribution is -2.38. The van der Waals surface area contributed by atoms with E-state index in [1.807, 2.05) is 5.32 Å². The van der Waals surface area contributed by atoms with Crippen molar-refractivity contribution in [3.8, 4) is 5.75 Å². The van der Waals surface area contributed by atoms with Crippen LogP contribution in [0.4, 0.5) is 30.4 Å². The third-order valence-corrected chi connectivity index (χ3v) is 4.70. The van der Waals surface area contributed by atoms with E-state index in [9.17, 15) is 22.2 Å². The quantitative estimate of drug-likeness (QED) is 0.491. The molecule has 1 atom stereocenters. The maximum atomic E-state index is 13.8. The molecule has 8 nitrogen and oxygen atoms in total. The van der Waals surface area contributed by atoms with E-state index in [0.29, 0.717) is 16.6 Å². The van der Waals surface area contributed by atoms with Gasteiger partial charge in [-0.05, 0) is 31.2 Å². The summed E-state index contributed by atoms with van der Waals surface area (Å²) in [6, 6.07) is 6.54. The maximum absolute atomic E-state index is 13.8. The van der Waals surface area contributed by atoms with Gasteiger partial charge in [0.1, 0.15) is 23.7 Å². The van der Waals surface area contributed by atoms with E-state index in [4.69, 9.17) is 16.3 Å². The summed E-state index contributed by atoms with van der Waals surface area (Å²) in [5, 5.41) is 5.60. The van der Waals surface area contributed by atoms with Crippen LogP contribution >= 0.6 is 11.6 Å². The van der Waals surface area contributed by atoms with Gasteiger partial charge in [-0.1, -0.05) is 11.6 Å². The van der Waals surface area contributed by atoms with Crippen molar-refractivity contribution in [2.24, 2.45) is 4.36 Å². The Morgan fingerprint density at radius 1 is 1.28 bits per heavy atom. The zero-order chi connectivity index (χ0) is 23.3. The van der Waals surface area contributed by atoms with Crippen molar-refractivity contribution in [1.82, 2.24) is 15.3 Å². The van der Waals surface area contributed by atoms with Gasteiger partial charge in [0, 0.05) is 6.07 Å². The SMILES string of the molecule is C[C@@H](Oc1cc(F)ccc1Nc1ncnc2cc(N=S=O)cc(Cl)c12)C(=O)NCC(F)F. The van der Waals surface area contributed by atoms with Gasteiger partial charge < -0.3 is 15.4 Å². The van der Waals surface area contributed by atoms with E-state index in [-0.39, 0.29) is 33.7 Å². The second-order valence-electron chi connectivity index (χ2n) is 6.37. The highest BCUT2D eigenvalue weighted by molar-refractivity contribution is 7.54. The molecule has 2 aromatic carbocycles. The highest BCUT2D eigenvalue weighted by Gasteiger charge is 2.19. The van der Waals surface area contributed by atoms with Gasteiger partial charge in [0.15, 0.2) is 6.10 Å². The molecule has 0 spiro atoms. The van der Waals surface area contributed by atoms with Gasteiger partial charge in [-0.15, -0.1) is 0 Å². The standard InChI is InChI=1S/C19H15ClF3N5O3S/c1-9(19(29)24-7-16(22)23)31-15-4-10(21)2-3-13(15)27-18-17-12(20)5-11(28-32-30)6-14(17)25-8-26-18/h2-6,8-9,16H,7H2,1H3,(H,24,29)(H,25,26,27)/t9-/m1/s1. The van der Waals surface area contributed by atoms with Crippen molar-refractivity contribution in [3.05, 3.63) is 47.5 Å². The molecule has 2 N–H and O–H groups in total. The van der Waals surface area contributed by atoms with Crippen LogP contribution in [0.5, 0.6) is 5.75 Å². The number of benzene rings is 2. The van der Waals surface area contributed by atoms with E-state index in [1.54, 1.807) is 0 Å². The molecule has 0 radical (unpaired) electrons. The number of nitrogens with zero attached hydrogens (tertiary/aromatic N) is 3. The van der Waals surface area contributed by atoms with Crippen LogP contribution in [0.15, 0.2) is 41.0 Å². The number of hydrogen-bond donors (Lipinski definition) is 2. The van der Waals surface area contributed by atoms with Gasteiger partial charge in [-0.25, -0.2) is 23.1 Å². The number of hydrogen-bond acceptors (Lipinski definition) is 7. The lowest BCUT2D eigenvalue weighted by Gasteiger charge is -2.18. The molecule has 0 aliphatic heterocycles. The summed E-state index contributed by atoms with van der Waals surface area (Å²) in [4.78, 5) is 20.2. The summed E-state index contributed by atoms with van der Waals surface area (Å²) in [5.74, 6) is -1.24. The lowest BCUT2D eigenvalue weighted by atomic mass is 10.2. The molecule has 0 saturated carbocycles. The molecule has 13 heteroatoms. The van der Waals surface area contributed by atoms with Gasteiger partial charge in [0.05, 0.1) is 33.8 Å². The van der Waals surface area contributed by atoms with Crippen molar-refractivity contribution >= 4 is 57.1 Å². The van der Waals surface area contributed by atoms with E-state index in [2.05, 4.69) is 19.6 Å². The second kappa shape index (κ2) is 10.4. The molecule has 0 aliphatic rings. The number of carbonyl (C=O) groups is 1. The molecule has 1 amide bonds. The highest BCUT2D eigenvalue weighted by atomic mass is 35.5. The number of ether oxygens (including phenoxy) is 1. The Kier molecular flexibility index (Phi) is 7.59. The van der Waals surface area contributed by atoms with E-state index in [1.165, 1.54) is 31.5 Å². The zero-order valence-electron chi connectivity index (χ0n) is 16.3. The number of carbonyl (C=O) groups excluding carboxylic acids is 1. The van der Waals surface area contributed by atoms with Crippen molar-refractivity contribution < 1.29 is 26.9 Å². The summed E-state index contributed by atoms with van der Waals surface area (Å²) in [5.41, 5.74) is 0.952. The van der Waals surface area contributed by atoms with Gasteiger partial charge in [0.2, 0.25) is 11.5 Å². The van der Waals surface area contributed by atoms with E-state index >= 15 is 0 Å². The molecule has 168 valence electrons. The Balaban J connectivity index is 1.92. The molecule has 1 heterocycles. The first kappa shape index (κ1) is 23.4. The molecular formula is C19H15ClF3N5O3S. The summed E-state index contributed by atoms with van der Waals surface area (Å²) >= 11 is 6.35. The topological polar surface area (TPSA) is 106 Å². The van der Waals surface area contributed by atoms with Crippen LogP contribution in [0.1, 0.15) is 6.92 Å². The summed E-state index contributed by atoms with van der Waals surface area (Å²) in [6.07, 6.45) is -2.65. The second-order valence-corrected chi connectivity index (χ2v) is 7.11. The predicted octanol–water partition coefficient (Wildman–Crippen LogP) is 4.34. The fourth-order valence-corrected chi connectivity index (χ4v) is 3.20. The van der Waals surface area contributed by atoms with E-state index < -0.39 is 30.8 Å². The van der Waals surface area contributed by atoms with Crippen molar-refractivity contribution in [2.45, 2.75) is 19.5 Å². The average Bonchev–Trinajstić information content (AvgIpc) is 2.74. The normalized spacial score (nSPS) is 11.8. The third kappa shape index (κ3) is 5.71. The largest absolute Gasteiger partial charge is 0.479 e. The molecule has 1 aromatic heterocycles. The van der Waals surface area contributed by atoms with Crippen LogP contribution in [0.3, 0.4) is 0 Å². The van der Waals surface area contributed by atoms with Crippen LogP contribution in [0, 0.1) is 5.82 Å². The molecule has 3 aromatic rings. The fraction of sp³-hybridized carbons (Fsp3) is 0.211. The molecule has 0 aliphatic carbocycles. The number of amides is 1. The van der Waals surface area contributed by atoms with Crippen LogP contribution in [0.25, 0.3) is 10.9 Å². The minimum atomic E-state index is -2.71. The van der Waals surface area contributed by atoms with Gasteiger partial charge in [0.25, 0.3) is 12.3 Å². The Labute approximate surface area is 188 Å². The highest BCUT2D eigenvalue weighted by Crippen LogP contribution is 2.35. The molecule has 3 rings (SSSR count). The molecule has 0 unspecified atom stereocenters. The van der Waals surface area contributed by atoms with Crippen LogP contribution in [0.2, 0.25) is 5.02 Å². The smallest absolute Gasteiger partial charge is 0.260 e. The summed E-state index contributed by atoms with van der Waals surface area (Å²) in [7, 11) is 0. The Hall–Kier alpha value is -3.25. The number of rotatable bonds is 8. The number of fused-ring (bicyclic) bond motifs is 1. The monoisotopic (exact) mass is 485 g/mol. The summed E-state index contributed by atoms with van der Waals surface area (Å²) < 4.78 is 58.3. The number of halogens is 4. The predicted molar refractivity (Wildman–Crippen MR) is 114 cm³/mol. The molecular weight excluding hydrogens is 471 g/mol. The first-order valence-corrected chi connectivity index (χ1v) is 10.1. The first-order chi connectivity index (χ1) is 15.3. The van der Waals surface area contributed by atoms with Gasteiger partial charge in [-0.2, -0.15) is 8.57 Å². The number of aromatic nitrogens is 2. The first-order valence-electron chi connectivity index (χ1n) is 9.02. The fourth-order valence-electron chi connectivity index (χ4n) is 2.71. The third-order valence-electron chi connectivity index (χ3n) is 4.12. The Morgan fingerprint density at radius 2 is 2.06 bits per heavy atom. The van der Waals surface area contributed by atoms with Crippen LogP contribution < -0.4 is 15.4 Å². The minimum Gasteiger partial charge on any atom is -0.479 e. The van der Waals surface area contributed by atoms with Gasteiger partial charge in [-0.3, -0.25) is 4.79 Å². The number of anilines is 2. The van der Waals surface area contributed by atoms with Crippen molar-refractivity contribution in [3.63, 3.8) is 0 Å². The number of nitrogens with one attached hydrogen (secondary N) is 2. The van der Waals surface area contributed by atoms with Crippen LogP contribution in [-0.4, -0.2) is 39.2 Å². The Bertz CT molecular complexity index is 1210. The molecule has 32 heavy (non-hydrogen) atoms. The van der Waals surface area contributed by atoms with Crippen LogP contribution in [-0.2, 0) is 16.3 Å². The molecule has 0 bridgehead atoms. The number of alkyl halides is 2. The average molecular weight is 486 g/mol. The maximum Gasteiger partial charge on any atom is 0.260 e. The summed E-state index contributed by atoms with van der Waals surface area (Å²) in [6.45, 7) is 0.511. The van der Waals surface area contributed by atoms with Crippen molar-refractivity contribution in [1.29, 1.82) is 0 Å². The minimum absolute atomic E-state index is 0.0260. The van der Waals surface area contributed by atoms with Crippen molar-refractivity contribution in [2.75, 3.05) is 11.9 Å². The van der Waals surface area contributed by atoms with Gasteiger partial charge >= 0.3 is 0 Å². The van der Waals surface area contributed by atoms with E-state index in [0.717, 1.165) is 12.1 Å². The molecule has 0 saturated heterocycles. The lowest BCUT2D eigenvalue weighted by molar-refractivity contribution is -0.127. The zero-order valence-corrected chi connectivity index (χ0v) is 17.9.